The summed E-state index contributed by atoms with van der Waals surface area (Å²) < 4.78 is 7.33. The first-order valence-corrected chi connectivity index (χ1v) is 8.18. The first kappa shape index (κ1) is 18.3. The Kier molecular flexibility index (Phi) is 4.76. The smallest absolute Gasteiger partial charge is 0.338 e. The lowest BCUT2D eigenvalue weighted by Crippen LogP contribution is -2.38. The van der Waals surface area contributed by atoms with E-state index in [4.69, 9.17) is 4.74 Å². The summed E-state index contributed by atoms with van der Waals surface area (Å²) in [5, 5.41) is 0. The molecule has 2 aromatic rings. The molecule has 0 radical (unpaired) electrons. The zero-order chi connectivity index (χ0) is 19.7. The second-order valence-corrected chi connectivity index (χ2v) is 6.12. The molecule has 27 heavy (non-hydrogen) atoms. The zero-order valence-electron chi connectivity index (χ0n) is 14.8. The monoisotopic (exact) mass is 371 g/mol. The van der Waals surface area contributed by atoms with Crippen LogP contribution in [0.25, 0.3) is 0 Å². The van der Waals surface area contributed by atoms with Crippen molar-refractivity contribution in [2.45, 2.75) is 19.4 Å². The molecular weight excluding hydrogens is 354 g/mol. The van der Waals surface area contributed by atoms with Crippen LogP contribution in [-0.4, -0.2) is 26.9 Å². The number of ether oxygens (including phenoxy) is 1. The number of hydrogen-bond donors (Lipinski definition) is 0. The highest BCUT2D eigenvalue weighted by atomic mass is 16.5. The largest absolute Gasteiger partial charge is 0.456 e. The van der Waals surface area contributed by atoms with Crippen molar-refractivity contribution < 1.29 is 19.1 Å². The Hall–Kier alpha value is -3.49. The third-order valence-corrected chi connectivity index (χ3v) is 4.39. The molecule has 0 spiro atoms. The van der Waals surface area contributed by atoms with Crippen molar-refractivity contribution in [3.63, 3.8) is 0 Å². The maximum atomic E-state index is 12.2. The number of nitrogens with zero attached hydrogens (tertiary/aromatic N) is 3. The molecule has 0 bridgehead atoms. The first-order chi connectivity index (χ1) is 12.8. The molecule has 9 heteroatoms. The summed E-state index contributed by atoms with van der Waals surface area (Å²) in [4.78, 5) is 60.3. The molecule has 0 aliphatic carbocycles. The van der Waals surface area contributed by atoms with E-state index in [0.717, 1.165) is 9.47 Å². The molecule has 0 unspecified atom stereocenters. The fourth-order valence-electron chi connectivity index (χ4n) is 2.75. The van der Waals surface area contributed by atoms with Crippen LogP contribution in [0, 0.1) is 0 Å². The van der Waals surface area contributed by atoms with Gasteiger partial charge < -0.3 is 4.74 Å². The van der Waals surface area contributed by atoms with E-state index in [1.807, 2.05) is 0 Å². The lowest BCUT2D eigenvalue weighted by Gasteiger charge is -2.14. The topological polar surface area (TPSA) is 108 Å². The minimum atomic E-state index is -0.659. The van der Waals surface area contributed by atoms with E-state index in [9.17, 15) is 24.0 Å². The lowest BCUT2D eigenvalue weighted by molar-refractivity contribution is -0.121. The molecule has 1 aliphatic rings. The van der Waals surface area contributed by atoms with Crippen molar-refractivity contribution in [1.82, 2.24) is 9.13 Å². The van der Waals surface area contributed by atoms with Crippen LogP contribution < -0.4 is 16.1 Å². The van der Waals surface area contributed by atoms with Crippen LogP contribution in [0.5, 0.6) is 0 Å². The van der Waals surface area contributed by atoms with E-state index < -0.39 is 17.2 Å². The molecule has 0 atom stereocenters. The number of amides is 2. The fraction of sp³-hybridized carbons (Fsp3) is 0.278. The third kappa shape index (κ3) is 3.43. The quantitative estimate of drug-likeness (QED) is 0.557. The van der Waals surface area contributed by atoms with Gasteiger partial charge in [-0.25, -0.2) is 9.59 Å². The SMILES string of the molecule is Cn1c(COC(=O)c2ccc(N3C(=O)CCC3=O)cc2)cc(=O)n(C)c1=O. The maximum Gasteiger partial charge on any atom is 0.338 e. The number of carbonyl (C=O) groups excluding carboxylic acids is 3. The molecule has 0 N–H and O–H groups in total. The number of hydrogen-bond acceptors (Lipinski definition) is 6. The van der Waals surface area contributed by atoms with E-state index in [1.165, 1.54) is 49.0 Å². The van der Waals surface area contributed by atoms with Gasteiger partial charge in [0, 0.05) is 33.0 Å². The summed E-state index contributed by atoms with van der Waals surface area (Å²) in [5.74, 6) is -1.21. The van der Waals surface area contributed by atoms with Gasteiger partial charge in [0.1, 0.15) is 6.61 Å². The highest BCUT2D eigenvalue weighted by Gasteiger charge is 2.30. The Labute approximate surface area is 153 Å². The summed E-state index contributed by atoms with van der Waals surface area (Å²) >= 11 is 0. The predicted octanol–water partition coefficient (Wildman–Crippen LogP) is 0.0944. The number of anilines is 1. The zero-order valence-corrected chi connectivity index (χ0v) is 14.8. The van der Waals surface area contributed by atoms with Gasteiger partial charge in [0.15, 0.2) is 0 Å². The molecule has 140 valence electrons. The second kappa shape index (κ2) is 7.02. The molecule has 1 aromatic carbocycles. The van der Waals surface area contributed by atoms with Crippen molar-refractivity contribution >= 4 is 23.5 Å². The number of carbonyl (C=O) groups is 3. The Morgan fingerprint density at radius 3 is 2.15 bits per heavy atom. The fourth-order valence-corrected chi connectivity index (χ4v) is 2.75. The average molecular weight is 371 g/mol. The van der Waals surface area contributed by atoms with Gasteiger partial charge in [0.25, 0.3) is 5.56 Å². The maximum absolute atomic E-state index is 12.2. The van der Waals surface area contributed by atoms with Gasteiger partial charge in [-0.3, -0.25) is 28.4 Å². The minimum Gasteiger partial charge on any atom is -0.456 e. The summed E-state index contributed by atoms with van der Waals surface area (Å²) in [7, 11) is 2.83. The van der Waals surface area contributed by atoms with Crippen molar-refractivity contribution in [3.8, 4) is 0 Å². The molecule has 9 nitrogen and oxygen atoms in total. The number of rotatable bonds is 4. The van der Waals surface area contributed by atoms with Gasteiger partial charge in [-0.1, -0.05) is 0 Å². The normalized spacial score (nSPS) is 13.9. The molecular formula is C18H17N3O6. The van der Waals surface area contributed by atoms with Gasteiger partial charge in [-0.15, -0.1) is 0 Å². The predicted molar refractivity (Wildman–Crippen MR) is 94.2 cm³/mol. The van der Waals surface area contributed by atoms with E-state index in [0.29, 0.717) is 5.69 Å². The standard InChI is InChI=1S/C18H17N3O6/c1-19-13(9-16(24)20(2)18(19)26)10-27-17(25)11-3-5-12(6-4-11)21-14(22)7-8-15(21)23/h3-6,9H,7-8,10H2,1-2H3. The lowest BCUT2D eigenvalue weighted by atomic mass is 10.2. The Morgan fingerprint density at radius 1 is 0.963 bits per heavy atom. The molecule has 1 aliphatic heterocycles. The molecule has 1 fully saturated rings. The van der Waals surface area contributed by atoms with Crippen molar-refractivity contribution in [2.75, 3.05) is 4.90 Å². The van der Waals surface area contributed by atoms with Crippen molar-refractivity contribution in [3.05, 3.63) is 62.4 Å². The van der Waals surface area contributed by atoms with Crippen LogP contribution in [0.15, 0.2) is 39.9 Å². The van der Waals surface area contributed by atoms with Gasteiger partial charge in [0.05, 0.1) is 16.9 Å². The molecule has 0 saturated carbocycles. The van der Waals surface area contributed by atoms with E-state index in [-0.39, 0.29) is 42.5 Å². The Bertz CT molecular complexity index is 1030. The molecule has 1 saturated heterocycles. The third-order valence-electron chi connectivity index (χ3n) is 4.39. The van der Waals surface area contributed by atoms with Crippen LogP contribution in [0.3, 0.4) is 0 Å². The van der Waals surface area contributed by atoms with E-state index in [2.05, 4.69) is 0 Å². The van der Waals surface area contributed by atoms with Crippen LogP contribution in [-0.2, 0) is 35.0 Å². The highest BCUT2D eigenvalue weighted by molar-refractivity contribution is 6.19. The average Bonchev–Trinajstić information content (AvgIpc) is 3.00. The van der Waals surface area contributed by atoms with Gasteiger partial charge >= 0.3 is 11.7 Å². The first-order valence-electron chi connectivity index (χ1n) is 8.18. The van der Waals surface area contributed by atoms with Crippen LogP contribution in [0.2, 0.25) is 0 Å². The summed E-state index contributed by atoms with van der Waals surface area (Å²) in [5.41, 5.74) is -0.132. The molecule has 2 heterocycles. The number of benzene rings is 1. The molecule has 2 amide bonds. The Balaban J connectivity index is 1.72. The van der Waals surface area contributed by atoms with Gasteiger partial charge in [0.2, 0.25) is 11.8 Å². The van der Waals surface area contributed by atoms with Crippen LogP contribution in [0.1, 0.15) is 28.9 Å². The van der Waals surface area contributed by atoms with Gasteiger partial charge in [-0.2, -0.15) is 0 Å². The molecule has 1 aromatic heterocycles. The highest BCUT2D eigenvalue weighted by Crippen LogP contribution is 2.23. The minimum absolute atomic E-state index is 0.178. The number of esters is 1. The summed E-state index contributed by atoms with van der Waals surface area (Å²) in [6.45, 7) is -0.245. The second-order valence-electron chi connectivity index (χ2n) is 6.12. The Morgan fingerprint density at radius 2 is 1.56 bits per heavy atom. The van der Waals surface area contributed by atoms with Crippen LogP contribution in [0.4, 0.5) is 5.69 Å². The van der Waals surface area contributed by atoms with E-state index >= 15 is 0 Å². The van der Waals surface area contributed by atoms with Crippen LogP contribution >= 0.6 is 0 Å². The number of aromatic nitrogens is 2. The van der Waals surface area contributed by atoms with Crippen molar-refractivity contribution in [1.29, 1.82) is 0 Å². The number of imide groups is 1. The summed E-state index contributed by atoms with van der Waals surface area (Å²) in [6, 6.07) is 7.10. The van der Waals surface area contributed by atoms with E-state index in [1.54, 1.807) is 0 Å². The van der Waals surface area contributed by atoms with Crippen molar-refractivity contribution in [2.24, 2.45) is 14.1 Å². The molecule has 3 rings (SSSR count). The summed E-state index contributed by atoms with van der Waals surface area (Å²) in [6.07, 6.45) is 0.357. The van der Waals surface area contributed by atoms with Gasteiger partial charge in [-0.05, 0) is 24.3 Å².